The number of nitrogens with one attached hydrogen (secondary N) is 1. The van der Waals surface area contributed by atoms with Crippen LogP contribution in [-0.4, -0.2) is 80.9 Å². The smallest absolute Gasteiger partial charge is 0.251 e. The van der Waals surface area contributed by atoms with Gasteiger partial charge in [0.05, 0.1) is 15.1 Å². The zero-order valence-electron chi connectivity index (χ0n) is 19.3. The van der Waals surface area contributed by atoms with E-state index in [0.717, 1.165) is 65.9 Å². The standard InChI is InChI=1S/C24H28ClN5O3S2/c25-19-5-8-21-22(17-19)34-24(27-21)29-15-13-28(14-16-29)12-9-26-23(31)18-3-6-20(7-4-18)35(32,33)30-10-1-2-11-30/h3-8,17H,1-2,9-16H2,(H,26,31). The number of hydrogen-bond donors (Lipinski definition) is 1. The van der Waals surface area contributed by atoms with Gasteiger partial charge in [-0.1, -0.05) is 22.9 Å². The number of carbonyl (C=O) groups is 1. The number of fused-ring (bicyclic) bond motifs is 1. The number of rotatable bonds is 7. The zero-order chi connectivity index (χ0) is 24.4. The minimum Gasteiger partial charge on any atom is -0.351 e. The molecule has 0 unspecified atom stereocenters. The quantitative estimate of drug-likeness (QED) is 0.501. The molecule has 0 saturated carbocycles. The summed E-state index contributed by atoms with van der Waals surface area (Å²) >= 11 is 7.76. The van der Waals surface area contributed by atoms with Crippen LogP contribution in [0.3, 0.4) is 0 Å². The van der Waals surface area contributed by atoms with E-state index in [-0.39, 0.29) is 10.8 Å². The van der Waals surface area contributed by atoms with Gasteiger partial charge in [0.2, 0.25) is 10.0 Å². The van der Waals surface area contributed by atoms with Gasteiger partial charge in [-0.2, -0.15) is 4.31 Å². The second-order valence-corrected chi connectivity index (χ2v) is 12.2. The van der Waals surface area contributed by atoms with Crippen molar-refractivity contribution in [2.45, 2.75) is 17.7 Å². The molecule has 1 N–H and O–H groups in total. The first kappa shape index (κ1) is 24.5. The van der Waals surface area contributed by atoms with Gasteiger partial charge in [-0.05, 0) is 55.3 Å². The first-order valence-corrected chi connectivity index (χ1v) is 14.5. The second-order valence-electron chi connectivity index (χ2n) is 8.83. The van der Waals surface area contributed by atoms with Crippen LogP contribution in [0.5, 0.6) is 0 Å². The first-order chi connectivity index (χ1) is 16.9. The first-order valence-electron chi connectivity index (χ1n) is 11.8. The van der Waals surface area contributed by atoms with Gasteiger partial charge >= 0.3 is 0 Å². The molecule has 186 valence electrons. The molecular formula is C24H28ClN5O3S2. The Kier molecular flexibility index (Phi) is 7.26. The number of aromatic nitrogens is 1. The largest absolute Gasteiger partial charge is 0.351 e. The summed E-state index contributed by atoms with van der Waals surface area (Å²) in [5.41, 5.74) is 1.44. The molecule has 2 aliphatic rings. The molecule has 2 aliphatic heterocycles. The summed E-state index contributed by atoms with van der Waals surface area (Å²) in [6, 6.07) is 12.0. The molecule has 2 fully saturated rings. The van der Waals surface area contributed by atoms with Crippen molar-refractivity contribution in [2.24, 2.45) is 0 Å². The molecule has 2 aromatic carbocycles. The van der Waals surface area contributed by atoms with Gasteiger partial charge in [0, 0.05) is 62.9 Å². The third-order valence-corrected chi connectivity index (χ3v) is 9.74. The molecule has 2 saturated heterocycles. The number of hydrogen-bond acceptors (Lipinski definition) is 7. The maximum atomic E-state index is 12.6. The molecule has 5 rings (SSSR count). The predicted octanol–water partition coefficient (Wildman–Crippen LogP) is 3.29. The summed E-state index contributed by atoms with van der Waals surface area (Å²) < 4.78 is 27.9. The van der Waals surface area contributed by atoms with Crippen LogP contribution in [0.1, 0.15) is 23.2 Å². The fourth-order valence-corrected chi connectivity index (χ4v) is 7.28. The Bertz CT molecular complexity index is 1300. The summed E-state index contributed by atoms with van der Waals surface area (Å²) in [4.78, 5) is 22.1. The van der Waals surface area contributed by atoms with E-state index in [4.69, 9.17) is 16.6 Å². The minimum atomic E-state index is -3.47. The fourth-order valence-electron chi connectivity index (χ4n) is 4.47. The average molecular weight is 534 g/mol. The lowest BCUT2D eigenvalue weighted by molar-refractivity contribution is 0.0947. The van der Waals surface area contributed by atoms with E-state index in [1.165, 1.54) is 16.4 Å². The van der Waals surface area contributed by atoms with Gasteiger partial charge in [0.1, 0.15) is 0 Å². The molecule has 0 atom stereocenters. The van der Waals surface area contributed by atoms with Gasteiger partial charge in [0.15, 0.2) is 5.13 Å². The highest BCUT2D eigenvalue weighted by atomic mass is 35.5. The van der Waals surface area contributed by atoms with E-state index in [9.17, 15) is 13.2 Å². The summed E-state index contributed by atoms with van der Waals surface area (Å²) in [6.45, 7) is 5.99. The van der Waals surface area contributed by atoms with Gasteiger partial charge in [-0.3, -0.25) is 9.69 Å². The van der Waals surface area contributed by atoms with Crippen LogP contribution in [0.15, 0.2) is 47.4 Å². The number of anilines is 1. The number of carbonyl (C=O) groups excluding carboxylic acids is 1. The lowest BCUT2D eigenvalue weighted by Gasteiger charge is -2.34. The second kappa shape index (κ2) is 10.4. The summed E-state index contributed by atoms with van der Waals surface area (Å²) in [6.07, 6.45) is 1.79. The Balaban J connectivity index is 1.08. The topological polar surface area (TPSA) is 85.9 Å². The molecule has 8 nitrogen and oxygen atoms in total. The summed E-state index contributed by atoms with van der Waals surface area (Å²) in [5, 5.41) is 4.69. The molecule has 0 bridgehead atoms. The van der Waals surface area contributed by atoms with Crippen LogP contribution in [0.4, 0.5) is 5.13 Å². The summed E-state index contributed by atoms with van der Waals surface area (Å²) in [7, 11) is -3.47. The molecule has 11 heteroatoms. The fraction of sp³-hybridized carbons (Fsp3) is 0.417. The molecule has 1 aromatic heterocycles. The van der Waals surface area contributed by atoms with Crippen LogP contribution >= 0.6 is 22.9 Å². The number of nitrogens with zero attached hydrogens (tertiary/aromatic N) is 4. The maximum Gasteiger partial charge on any atom is 0.251 e. The number of amides is 1. The maximum absolute atomic E-state index is 12.6. The molecule has 0 radical (unpaired) electrons. The van der Waals surface area contributed by atoms with E-state index >= 15 is 0 Å². The molecule has 0 spiro atoms. The molecule has 3 aromatic rings. The Morgan fingerprint density at radius 2 is 1.71 bits per heavy atom. The number of halogens is 1. The molecule has 3 heterocycles. The van der Waals surface area contributed by atoms with E-state index in [2.05, 4.69) is 15.1 Å². The van der Waals surface area contributed by atoms with E-state index < -0.39 is 10.0 Å². The SMILES string of the molecule is O=C(NCCN1CCN(c2nc3ccc(Cl)cc3s2)CC1)c1ccc(S(=O)(=O)N2CCCC2)cc1. The van der Waals surface area contributed by atoms with Crippen molar-refractivity contribution in [3.05, 3.63) is 53.1 Å². The van der Waals surface area contributed by atoms with Crippen molar-refractivity contribution < 1.29 is 13.2 Å². The lowest BCUT2D eigenvalue weighted by atomic mass is 10.2. The monoisotopic (exact) mass is 533 g/mol. The highest BCUT2D eigenvalue weighted by molar-refractivity contribution is 7.89. The van der Waals surface area contributed by atoms with Gasteiger partial charge < -0.3 is 10.2 Å². The Hall–Kier alpha value is -2.24. The molecule has 1 amide bonds. The highest BCUT2D eigenvalue weighted by Crippen LogP contribution is 2.31. The number of piperazine rings is 1. The number of sulfonamides is 1. The van der Waals surface area contributed by atoms with Gasteiger partial charge in [0.25, 0.3) is 5.91 Å². The summed E-state index contributed by atoms with van der Waals surface area (Å²) in [5.74, 6) is -0.193. The normalized spacial score (nSPS) is 17.8. The van der Waals surface area contributed by atoms with E-state index in [1.807, 2.05) is 18.2 Å². The van der Waals surface area contributed by atoms with Crippen molar-refractivity contribution in [3.63, 3.8) is 0 Å². The van der Waals surface area contributed by atoms with Crippen LogP contribution in [0, 0.1) is 0 Å². The van der Waals surface area contributed by atoms with Crippen molar-refractivity contribution in [1.82, 2.24) is 19.5 Å². The van der Waals surface area contributed by atoms with Crippen molar-refractivity contribution >= 4 is 54.2 Å². The van der Waals surface area contributed by atoms with Crippen LogP contribution in [-0.2, 0) is 10.0 Å². The lowest BCUT2D eigenvalue weighted by Crippen LogP contribution is -2.48. The molecule has 0 aliphatic carbocycles. The van der Waals surface area contributed by atoms with Crippen LogP contribution in [0.25, 0.3) is 10.2 Å². The third-order valence-electron chi connectivity index (χ3n) is 6.51. The van der Waals surface area contributed by atoms with Crippen LogP contribution in [0.2, 0.25) is 5.02 Å². The minimum absolute atomic E-state index is 0.193. The van der Waals surface area contributed by atoms with Crippen molar-refractivity contribution in [3.8, 4) is 0 Å². The zero-order valence-corrected chi connectivity index (χ0v) is 21.7. The van der Waals surface area contributed by atoms with Gasteiger partial charge in [-0.15, -0.1) is 0 Å². The Labute approximate surface area is 214 Å². The number of thiazole rings is 1. The highest BCUT2D eigenvalue weighted by Gasteiger charge is 2.27. The predicted molar refractivity (Wildman–Crippen MR) is 140 cm³/mol. The molecular weight excluding hydrogens is 506 g/mol. The van der Waals surface area contributed by atoms with Crippen molar-refractivity contribution in [1.29, 1.82) is 0 Å². The molecule has 35 heavy (non-hydrogen) atoms. The van der Waals surface area contributed by atoms with E-state index in [1.54, 1.807) is 23.5 Å². The Morgan fingerprint density at radius 1 is 1.00 bits per heavy atom. The third kappa shape index (κ3) is 5.46. The number of benzene rings is 2. The Morgan fingerprint density at radius 3 is 2.43 bits per heavy atom. The van der Waals surface area contributed by atoms with Gasteiger partial charge in [-0.25, -0.2) is 13.4 Å². The van der Waals surface area contributed by atoms with Crippen molar-refractivity contribution in [2.75, 3.05) is 57.3 Å². The van der Waals surface area contributed by atoms with Crippen LogP contribution < -0.4 is 10.2 Å². The average Bonchev–Trinajstić information content (AvgIpc) is 3.55. The van der Waals surface area contributed by atoms with E-state index in [0.29, 0.717) is 25.2 Å².